The van der Waals surface area contributed by atoms with Crippen molar-refractivity contribution in [3.8, 4) is 22.8 Å². The Labute approximate surface area is 215 Å². The molecule has 2 aromatic carbocycles. The largest absolute Gasteiger partial charge is 0.495 e. The van der Waals surface area contributed by atoms with Gasteiger partial charge in [-0.15, -0.1) is 0 Å². The Balaban J connectivity index is 1.80. The average Bonchev–Trinajstić information content (AvgIpc) is 3.27. The summed E-state index contributed by atoms with van der Waals surface area (Å²) in [5.41, 5.74) is 7.06. The number of allylic oxidation sites excluding steroid dienone is 1. The summed E-state index contributed by atoms with van der Waals surface area (Å²) in [5, 5.41) is 21.9. The van der Waals surface area contributed by atoms with Crippen LogP contribution in [0.1, 0.15) is 23.2 Å². The average molecular weight is 515 g/mol. The number of aromatic nitrogens is 2. The van der Waals surface area contributed by atoms with Crippen molar-refractivity contribution in [2.24, 2.45) is 0 Å². The third-order valence-electron chi connectivity index (χ3n) is 6.06. The number of nitrogens with one attached hydrogen (secondary N) is 2. The molecular formula is C26H28Cl2N4O3. The fourth-order valence-electron chi connectivity index (χ4n) is 4.20. The first-order valence-electron chi connectivity index (χ1n) is 11.1. The quantitative estimate of drug-likeness (QED) is 0.257. The molecule has 0 fully saturated rings. The van der Waals surface area contributed by atoms with Gasteiger partial charge in [-0.2, -0.15) is 5.10 Å². The summed E-state index contributed by atoms with van der Waals surface area (Å²) in [6.07, 6.45) is 3.99. The Morgan fingerprint density at radius 3 is 2.43 bits per heavy atom. The SMILES string of the molecule is C=CC(O)Nc1cc(N(C)C)ccc1-c1n[nH]c2c1CCC(c1c(Cl)c(OC)cc(OC)c1Cl)=C2. The van der Waals surface area contributed by atoms with Gasteiger partial charge in [-0.05, 0) is 48.8 Å². The lowest BCUT2D eigenvalue weighted by Gasteiger charge is -2.21. The van der Waals surface area contributed by atoms with E-state index in [1.165, 1.54) is 6.08 Å². The lowest BCUT2D eigenvalue weighted by Crippen LogP contribution is -2.17. The van der Waals surface area contributed by atoms with Gasteiger partial charge in [0.05, 0.1) is 35.7 Å². The Morgan fingerprint density at radius 1 is 1.14 bits per heavy atom. The first-order chi connectivity index (χ1) is 16.8. The molecule has 4 rings (SSSR count). The molecule has 1 aliphatic rings. The Kier molecular flexibility index (Phi) is 7.31. The van der Waals surface area contributed by atoms with E-state index in [1.54, 1.807) is 20.3 Å². The fourth-order valence-corrected chi connectivity index (χ4v) is 4.94. The molecule has 0 saturated heterocycles. The van der Waals surface area contributed by atoms with Crippen molar-refractivity contribution in [1.82, 2.24) is 10.2 Å². The molecule has 35 heavy (non-hydrogen) atoms. The molecule has 0 amide bonds. The number of nitrogens with zero attached hydrogens (tertiary/aromatic N) is 2. The molecule has 9 heteroatoms. The second kappa shape index (κ2) is 10.2. The van der Waals surface area contributed by atoms with Gasteiger partial charge in [0.15, 0.2) is 0 Å². The molecule has 1 unspecified atom stereocenters. The Morgan fingerprint density at radius 2 is 1.83 bits per heavy atom. The number of fused-ring (bicyclic) bond motifs is 1. The topological polar surface area (TPSA) is 82.6 Å². The van der Waals surface area contributed by atoms with Crippen molar-refractivity contribution in [3.05, 3.63) is 63.8 Å². The first-order valence-corrected chi connectivity index (χ1v) is 11.8. The highest BCUT2D eigenvalue weighted by Crippen LogP contribution is 2.47. The van der Waals surface area contributed by atoms with Crippen molar-refractivity contribution in [3.63, 3.8) is 0 Å². The minimum atomic E-state index is -0.889. The van der Waals surface area contributed by atoms with E-state index in [-0.39, 0.29) is 0 Å². The van der Waals surface area contributed by atoms with Gasteiger partial charge in [-0.1, -0.05) is 29.8 Å². The number of ether oxygens (including phenoxy) is 2. The van der Waals surface area contributed by atoms with Crippen LogP contribution >= 0.6 is 23.2 Å². The lowest BCUT2D eigenvalue weighted by atomic mass is 9.89. The zero-order chi connectivity index (χ0) is 25.3. The second-order valence-corrected chi connectivity index (χ2v) is 9.12. The predicted octanol–water partition coefficient (Wildman–Crippen LogP) is 5.87. The van der Waals surface area contributed by atoms with Gasteiger partial charge in [0.2, 0.25) is 0 Å². The normalized spacial score (nSPS) is 13.5. The molecule has 7 nitrogen and oxygen atoms in total. The minimum absolute atomic E-state index is 0.442. The van der Waals surface area contributed by atoms with Gasteiger partial charge >= 0.3 is 0 Å². The molecule has 184 valence electrons. The minimum Gasteiger partial charge on any atom is -0.495 e. The lowest BCUT2D eigenvalue weighted by molar-refractivity contribution is 0.253. The molecule has 3 N–H and O–H groups in total. The van der Waals surface area contributed by atoms with Gasteiger partial charge in [0.1, 0.15) is 17.7 Å². The van der Waals surface area contributed by atoms with Gasteiger partial charge in [-0.3, -0.25) is 5.10 Å². The molecule has 3 aromatic rings. The molecule has 1 aliphatic carbocycles. The van der Waals surface area contributed by atoms with Crippen LogP contribution in [0.15, 0.2) is 36.9 Å². The third-order valence-corrected chi connectivity index (χ3v) is 6.81. The highest BCUT2D eigenvalue weighted by molar-refractivity contribution is 6.39. The van der Waals surface area contributed by atoms with Gasteiger partial charge in [-0.25, -0.2) is 0 Å². The summed E-state index contributed by atoms with van der Waals surface area (Å²) in [6, 6.07) is 7.69. The molecule has 0 aliphatic heterocycles. The second-order valence-electron chi connectivity index (χ2n) is 8.37. The fraction of sp³-hybridized carbons (Fsp3) is 0.269. The molecule has 1 atom stereocenters. The number of aliphatic hydroxyl groups excluding tert-OH is 1. The number of hydrogen-bond acceptors (Lipinski definition) is 6. The van der Waals surface area contributed by atoms with Crippen LogP contribution in [-0.4, -0.2) is 49.8 Å². The molecular weight excluding hydrogens is 487 g/mol. The third kappa shape index (κ3) is 4.72. The zero-order valence-electron chi connectivity index (χ0n) is 20.1. The summed E-state index contributed by atoms with van der Waals surface area (Å²) in [5.74, 6) is 0.995. The number of rotatable bonds is 8. The molecule has 1 aromatic heterocycles. The maximum absolute atomic E-state index is 10.2. The Bertz CT molecular complexity index is 1270. The molecule has 0 bridgehead atoms. The number of aromatic amines is 1. The van der Waals surface area contributed by atoms with E-state index in [9.17, 15) is 5.11 Å². The van der Waals surface area contributed by atoms with Crippen LogP contribution in [0.5, 0.6) is 11.5 Å². The number of benzene rings is 2. The first kappa shape index (κ1) is 25.0. The number of anilines is 2. The highest BCUT2D eigenvalue weighted by Gasteiger charge is 2.26. The van der Waals surface area contributed by atoms with E-state index >= 15 is 0 Å². The predicted molar refractivity (Wildman–Crippen MR) is 144 cm³/mol. The number of hydrogen-bond donors (Lipinski definition) is 3. The van der Waals surface area contributed by atoms with Crippen molar-refractivity contribution < 1.29 is 14.6 Å². The maximum Gasteiger partial charge on any atom is 0.143 e. The summed E-state index contributed by atoms with van der Waals surface area (Å²) >= 11 is 13.3. The van der Waals surface area contributed by atoms with Gasteiger partial charge < -0.3 is 24.8 Å². The summed E-state index contributed by atoms with van der Waals surface area (Å²) in [4.78, 5) is 2.00. The standard InChI is InChI=1S/C26H28Cl2N4O3/c1-6-22(33)29-18-12-15(32(2)3)8-10-16(18)26-17-9-7-14(11-19(17)30-31-26)23-24(27)20(34-4)13-21(35-5)25(23)28/h6,8,10-13,22,29,33H,1,7,9H2,2-5H3,(H,30,31). The summed E-state index contributed by atoms with van der Waals surface area (Å²) in [7, 11) is 7.05. The van der Waals surface area contributed by atoms with Crippen molar-refractivity contribution in [2.45, 2.75) is 19.1 Å². The smallest absolute Gasteiger partial charge is 0.143 e. The van der Waals surface area contributed by atoms with E-state index in [0.717, 1.165) is 45.9 Å². The molecule has 0 spiro atoms. The maximum atomic E-state index is 10.2. The van der Waals surface area contributed by atoms with Crippen LogP contribution in [-0.2, 0) is 6.42 Å². The zero-order valence-corrected chi connectivity index (χ0v) is 21.6. The molecule has 1 heterocycles. The van der Waals surface area contributed by atoms with Crippen LogP contribution in [0.2, 0.25) is 10.0 Å². The number of halogens is 2. The van der Waals surface area contributed by atoms with Crippen molar-refractivity contribution in [2.75, 3.05) is 38.5 Å². The van der Waals surface area contributed by atoms with Crippen LogP contribution < -0.4 is 19.7 Å². The summed E-state index contributed by atoms with van der Waals surface area (Å²) in [6.45, 7) is 3.66. The van der Waals surface area contributed by atoms with E-state index < -0.39 is 6.23 Å². The van der Waals surface area contributed by atoms with Crippen molar-refractivity contribution >= 4 is 46.2 Å². The molecule has 0 radical (unpaired) electrons. The van der Waals surface area contributed by atoms with E-state index in [4.69, 9.17) is 32.7 Å². The summed E-state index contributed by atoms with van der Waals surface area (Å²) < 4.78 is 10.9. The van der Waals surface area contributed by atoms with E-state index in [2.05, 4.69) is 22.1 Å². The Hall–Kier alpha value is -3.13. The number of aliphatic hydroxyl groups is 1. The number of methoxy groups -OCH3 is 2. The van der Waals surface area contributed by atoms with Gasteiger partial charge in [0, 0.05) is 48.2 Å². The van der Waals surface area contributed by atoms with Crippen LogP contribution in [0.3, 0.4) is 0 Å². The van der Waals surface area contributed by atoms with Crippen LogP contribution in [0, 0.1) is 0 Å². The number of H-pyrrole nitrogens is 1. The van der Waals surface area contributed by atoms with Crippen LogP contribution in [0.25, 0.3) is 22.9 Å². The highest BCUT2D eigenvalue weighted by atomic mass is 35.5. The monoisotopic (exact) mass is 514 g/mol. The molecule has 0 saturated carbocycles. The van der Waals surface area contributed by atoms with E-state index in [1.807, 2.05) is 43.3 Å². The van der Waals surface area contributed by atoms with E-state index in [0.29, 0.717) is 33.5 Å². The van der Waals surface area contributed by atoms with Crippen LogP contribution in [0.4, 0.5) is 11.4 Å². The van der Waals surface area contributed by atoms with Gasteiger partial charge in [0.25, 0.3) is 0 Å². The van der Waals surface area contributed by atoms with Crippen molar-refractivity contribution in [1.29, 1.82) is 0 Å².